The van der Waals surface area contributed by atoms with Crippen LogP contribution in [0.3, 0.4) is 0 Å². The van der Waals surface area contributed by atoms with Gasteiger partial charge in [-0.05, 0) is 18.2 Å². The van der Waals surface area contributed by atoms with Crippen LogP contribution in [-0.2, 0) is 4.74 Å². The average Bonchev–Trinajstić information content (AvgIpc) is 2.54. The summed E-state index contributed by atoms with van der Waals surface area (Å²) in [6.45, 7) is 0. The number of hydrogen-bond donors (Lipinski definition) is 1. The summed E-state index contributed by atoms with van der Waals surface area (Å²) in [5.41, 5.74) is 0.0496. The van der Waals surface area contributed by atoms with Gasteiger partial charge >= 0.3 is 5.97 Å². The fourth-order valence-electron chi connectivity index (χ4n) is 1.46. The molecule has 0 aliphatic carbocycles. The van der Waals surface area contributed by atoms with Crippen LogP contribution in [0.5, 0.6) is 5.75 Å². The number of rotatable bonds is 4. The molecule has 0 saturated heterocycles. The summed E-state index contributed by atoms with van der Waals surface area (Å²) >= 11 is 0. The molecule has 104 valence electrons. The van der Waals surface area contributed by atoms with E-state index in [0.29, 0.717) is 5.69 Å². The minimum Gasteiger partial charge on any atom is -0.495 e. The zero-order valence-corrected chi connectivity index (χ0v) is 11.3. The van der Waals surface area contributed by atoms with Crippen molar-refractivity contribution in [3.63, 3.8) is 0 Å². The Kier molecular flexibility index (Phi) is 5.32. The van der Waals surface area contributed by atoms with Gasteiger partial charge in [0.2, 0.25) is 0 Å². The highest BCUT2D eigenvalue weighted by Crippen LogP contribution is 2.27. The van der Waals surface area contributed by atoms with Gasteiger partial charge in [0.15, 0.2) is 5.57 Å². The summed E-state index contributed by atoms with van der Waals surface area (Å²) in [4.78, 5) is 11.4. The van der Waals surface area contributed by atoms with E-state index in [1.807, 2.05) is 0 Å². The fourth-order valence-corrected chi connectivity index (χ4v) is 1.46. The number of anilines is 1. The van der Waals surface area contributed by atoms with Crippen LogP contribution in [0.4, 0.5) is 5.69 Å². The molecule has 0 heterocycles. The molecular weight excluding hydrogens is 272 g/mol. The number of benzene rings is 1. The molecule has 0 atom stereocenters. The second-order valence-electron chi connectivity index (χ2n) is 3.62. The Balaban J connectivity index is 3.25. The topological polar surface area (TPSA) is 119 Å². The van der Waals surface area contributed by atoms with E-state index in [0.717, 1.165) is 0 Å². The molecule has 1 aromatic rings. The number of carbonyl (C=O) groups is 1. The monoisotopic (exact) mass is 282 g/mol. The Hall–Kier alpha value is -3.50. The molecule has 0 aliphatic heterocycles. The summed E-state index contributed by atoms with van der Waals surface area (Å²) in [6, 6.07) is 9.33. The van der Waals surface area contributed by atoms with E-state index in [-0.39, 0.29) is 22.6 Å². The van der Waals surface area contributed by atoms with Crippen LogP contribution >= 0.6 is 0 Å². The van der Waals surface area contributed by atoms with Crippen LogP contribution in [0.15, 0.2) is 29.5 Å². The first-order valence-corrected chi connectivity index (χ1v) is 5.59. The number of esters is 1. The lowest BCUT2D eigenvalue weighted by Gasteiger charge is -2.11. The SMILES string of the molecule is COC(=O)c1ccc(NC(C#N)=C(C#N)C#N)c(OC)c1. The van der Waals surface area contributed by atoms with E-state index in [4.69, 9.17) is 20.5 Å². The number of carbonyl (C=O) groups excluding carboxylic acids is 1. The lowest BCUT2D eigenvalue weighted by molar-refractivity contribution is 0.0600. The van der Waals surface area contributed by atoms with Crippen molar-refractivity contribution >= 4 is 11.7 Å². The molecule has 0 aliphatic rings. The Morgan fingerprint density at radius 2 is 1.81 bits per heavy atom. The van der Waals surface area contributed by atoms with E-state index in [2.05, 4.69) is 10.1 Å². The van der Waals surface area contributed by atoms with Gasteiger partial charge < -0.3 is 14.8 Å². The molecule has 1 N–H and O–H groups in total. The van der Waals surface area contributed by atoms with Gasteiger partial charge in [-0.1, -0.05) is 0 Å². The molecule has 0 saturated carbocycles. The largest absolute Gasteiger partial charge is 0.495 e. The predicted molar refractivity (Wildman–Crippen MR) is 71.8 cm³/mol. The molecule has 7 nitrogen and oxygen atoms in total. The number of nitriles is 3. The number of ether oxygens (including phenoxy) is 2. The van der Waals surface area contributed by atoms with Crippen molar-refractivity contribution in [2.24, 2.45) is 0 Å². The normalized spacial score (nSPS) is 8.52. The Morgan fingerprint density at radius 3 is 2.29 bits per heavy atom. The van der Waals surface area contributed by atoms with Crippen molar-refractivity contribution in [3.8, 4) is 24.0 Å². The second-order valence-corrected chi connectivity index (χ2v) is 3.62. The minimum atomic E-state index is -0.536. The summed E-state index contributed by atoms with van der Waals surface area (Å²) in [5.74, 6) is -0.272. The summed E-state index contributed by atoms with van der Waals surface area (Å²) in [5, 5.41) is 29.1. The van der Waals surface area contributed by atoms with Gasteiger partial charge in [0.05, 0.1) is 25.5 Å². The van der Waals surface area contributed by atoms with E-state index in [1.54, 1.807) is 18.2 Å². The molecule has 1 rings (SSSR count). The maximum absolute atomic E-state index is 11.4. The van der Waals surface area contributed by atoms with E-state index >= 15 is 0 Å². The molecular formula is C14H10N4O3. The van der Waals surface area contributed by atoms with Gasteiger partial charge in [0, 0.05) is 0 Å². The van der Waals surface area contributed by atoms with Crippen molar-refractivity contribution in [1.82, 2.24) is 0 Å². The number of nitrogens with one attached hydrogen (secondary N) is 1. The molecule has 21 heavy (non-hydrogen) atoms. The van der Waals surface area contributed by atoms with Gasteiger partial charge in [-0.2, -0.15) is 15.8 Å². The zero-order chi connectivity index (χ0) is 15.8. The first kappa shape index (κ1) is 15.6. The lowest BCUT2D eigenvalue weighted by atomic mass is 10.1. The summed E-state index contributed by atoms with van der Waals surface area (Å²) in [6.07, 6.45) is 0. The first-order chi connectivity index (χ1) is 10.1. The van der Waals surface area contributed by atoms with Crippen LogP contribution in [-0.4, -0.2) is 20.2 Å². The molecule has 1 aromatic carbocycles. The summed E-state index contributed by atoms with van der Waals surface area (Å²) in [7, 11) is 2.64. The molecule has 0 amide bonds. The van der Waals surface area contributed by atoms with Crippen LogP contribution < -0.4 is 10.1 Å². The third-order valence-electron chi connectivity index (χ3n) is 2.47. The molecule has 0 bridgehead atoms. The van der Waals surface area contributed by atoms with Crippen LogP contribution in [0, 0.1) is 34.0 Å². The molecule has 0 unspecified atom stereocenters. The number of nitrogens with zero attached hydrogens (tertiary/aromatic N) is 3. The Bertz CT molecular complexity index is 701. The van der Waals surface area contributed by atoms with Gasteiger partial charge in [0.1, 0.15) is 29.7 Å². The van der Waals surface area contributed by atoms with Gasteiger partial charge in [-0.3, -0.25) is 0 Å². The second kappa shape index (κ2) is 7.18. The van der Waals surface area contributed by atoms with Gasteiger partial charge in [0.25, 0.3) is 0 Å². The number of allylic oxidation sites excluding steroid dienone is 2. The maximum Gasteiger partial charge on any atom is 0.337 e. The van der Waals surface area contributed by atoms with Crippen molar-refractivity contribution in [1.29, 1.82) is 15.8 Å². The highest BCUT2D eigenvalue weighted by atomic mass is 16.5. The van der Waals surface area contributed by atoms with Crippen LogP contribution in [0.2, 0.25) is 0 Å². The van der Waals surface area contributed by atoms with E-state index in [9.17, 15) is 4.79 Å². The maximum atomic E-state index is 11.4. The smallest absolute Gasteiger partial charge is 0.337 e. The quantitative estimate of drug-likeness (QED) is 0.659. The van der Waals surface area contributed by atoms with Gasteiger partial charge in [-0.15, -0.1) is 0 Å². The van der Waals surface area contributed by atoms with Crippen molar-refractivity contribution in [3.05, 3.63) is 35.0 Å². The van der Waals surface area contributed by atoms with E-state index < -0.39 is 5.97 Å². The predicted octanol–water partition coefficient (Wildman–Crippen LogP) is 1.72. The fraction of sp³-hybridized carbons (Fsp3) is 0.143. The number of hydrogen-bond acceptors (Lipinski definition) is 7. The third-order valence-corrected chi connectivity index (χ3v) is 2.47. The molecule has 7 heteroatoms. The van der Waals surface area contributed by atoms with Gasteiger partial charge in [-0.25, -0.2) is 4.79 Å². The highest BCUT2D eigenvalue weighted by molar-refractivity contribution is 5.90. The van der Waals surface area contributed by atoms with Crippen LogP contribution in [0.25, 0.3) is 0 Å². The van der Waals surface area contributed by atoms with Crippen LogP contribution in [0.1, 0.15) is 10.4 Å². The Morgan fingerprint density at radius 1 is 1.14 bits per heavy atom. The molecule has 0 spiro atoms. The molecule has 0 aromatic heterocycles. The first-order valence-electron chi connectivity index (χ1n) is 5.59. The third kappa shape index (κ3) is 3.50. The van der Waals surface area contributed by atoms with Crippen molar-refractivity contribution < 1.29 is 14.3 Å². The Labute approximate surface area is 121 Å². The highest BCUT2D eigenvalue weighted by Gasteiger charge is 2.13. The average molecular weight is 282 g/mol. The van der Waals surface area contributed by atoms with Crippen molar-refractivity contribution in [2.75, 3.05) is 19.5 Å². The lowest BCUT2D eigenvalue weighted by Crippen LogP contribution is -2.05. The standard InChI is InChI=1S/C14H10N4O3/c1-20-13-5-9(14(19)21-2)3-4-11(13)18-12(8-17)10(6-15)7-16/h3-5,18H,1-2H3. The molecule has 0 fully saturated rings. The summed E-state index contributed by atoms with van der Waals surface area (Å²) < 4.78 is 9.69. The van der Waals surface area contributed by atoms with Crippen molar-refractivity contribution in [2.45, 2.75) is 0 Å². The molecule has 0 radical (unpaired) electrons. The number of methoxy groups -OCH3 is 2. The van der Waals surface area contributed by atoms with E-state index in [1.165, 1.54) is 32.4 Å². The zero-order valence-electron chi connectivity index (χ0n) is 11.3. The minimum absolute atomic E-state index is 0.205.